The van der Waals surface area contributed by atoms with Gasteiger partial charge in [0, 0.05) is 6.04 Å². The summed E-state index contributed by atoms with van der Waals surface area (Å²) in [4.78, 5) is 25.7. The van der Waals surface area contributed by atoms with Crippen LogP contribution < -0.4 is 5.32 Å². The molecule has 0 unspecified atom stereocenters. The molecule has 3 fully saturated rings. The Balaban J connectivity index is 1.64. The first kappa shape index (κ1) is 25.4. The fourth-order valence-electron chi connectivity index (χ4n) is 8.13. The van der Waals surface area contributed by atoms with E-state index in [1.165, 1.54) is 6.42 Å². The number of halogens is 3. The van der Waals surface area contributed by atoms with Crippen molar-refractivity contribution in [3.8, 4) is 0 Å². The molecule has 0 bridgehead atoms. The van der Waals surface area contributed by atoms with Crippen LogP contribution in [0.1, 0.15) is 65.7 Å². The molecular formula is C25H36Cl3NO4. The number of fused-ring (bicyclic) bond motifs is 5. The van der Waals surface area contributed by atoms with E-state index in [2.05, 4.69) is 31.3 Å². The maximum atomic E-state index is 12.9. The maximum Gasteiger partial charge on any atom is 0.407 e. The molecule has 0 radical (unpaired) electrons. The molecule has 0 aromatic heterocycles. The van der Waals surface area contributed by atoms with Crippen molar-refractivity contribution in [1.29, 1.82) is 0 Å². The lowest BCUT2D eigenvalue weighted by atomic mass is 9.44. The molecule has 1 N–H and O–H groups in total. The number of hydrogen-bond donors (Lipinski definition) is 1. The number of carbonyl (C=O) groups is 2. The predicted molar refractivity (Wildman–Crippen MR) is 130 cm³/mol. The Kier molecular flexibility index (Phi) is 7.27. The van der Waals surface area contributed by atoms with Crippen molar-refractivity contribution in [2.24, 2.45) is 40.4 Å². The molecule has 5 nitrogen and oxygen atoms in total. The van der Waals surface area contributed by atoms with Gasteiger partial charge in [-0.2, -0.15) is 0 Å². The molecule has 0 aromatic carbocycles. The highest BCUT2D eigenvalue weighted by Crippen LogP contribution is 2.67. The number of carbonyl (C=O) groups excluding carboxylic acids is 2. The predicted octanol–water partition coefficient (Wildman–Crippen LogP) is 6.45. The molecule has 4 rings (SSSR count). The standard InChI is InChI=1S/C25H36Cl3NO4/c1-4-32-21(30)18-11-10-17-16-9-8-15-7-5-6-12-23(15,2)20(16)19(13-24(17,18)3)29-22(31)33-14-25(26,27)28/h5-6,15-20H,4,7-14H2,1-3H3,(H,29,31)/t15-,16+,17+,18-,19-,20-,23+,24+/m1/s1. The minimum absolute atomic E-state index is 0.0982. The first-order chi connectivity index (χ1) is 15.5. The minimum Gasteiger partial charge on any atom is -0.466 e. The lowest BCUT2D eigenvalue weighted by molar-refractivity contribution is -0.159. The SMILES string of the molecule is CCOC(=O)[C@H]1CC[C@H]2[C@@H]3CC[C@H]4CC=CC[C@]4(C)[C@H]3[C@H](NC(=O)OCC(Cl)(Cl)Cl)C[C@]12C. The average Bonchev–Trinajstić information content (AvgIpc) is 3.08. The topological polar surface area (TPSA) is 64.6 Å². The van der Waals surface area contributed by atoms with Gasteiger partial charge in [0.25, 0.3) is 0 Å². The van der Waals surface area contributed by atoms with Gasteiger partial charge in [0.2, 0.25) is 3.79 Å². The van der Waals surface area contributed by atoms with Crippen molar-refractivity contribution in [2.45, 2.75) is 75.6 Å². The molecule has 0 aromatic rings. The number of rotatable bonds is 4. The molecule has 3 saturated carbocycles. The summed E-state index contributed by atoms with van der Waals surface area (Å²) in [6.45, 7) is 6.57. The number of esters is 1. The molecule has 4 aliphatic carbocycles. The van der Waals surface area contributed by atoms with E-state index < -0.39 is 9.89 Å². The maximum absolute atomic E-state index is 12.9. The van der Waals surface area contributed by atoms with E-state index in [9.17, 15) is 9.59 Å². The van der Waals surface area contributed by atoms with E-state index in [0.29, 0.717) is 30.3 Å². The van der Waals surface area contributed by atoms with Crippen LogP contribution in [0.5, 0.6) is 0 Å². The average molecular weight is 521 g/mol. The molecule has 0 aliphatic heterocycles. The van der Waals surface area contributed by atoms with E-state index in [4.69, 9.17) is 44.3 Å². The number of allylic oxidation sites excluding steroid dienone is 2. The van der Waals surface area contributed by atoms with Crippen LogP contribution in [-0.2, 0) is 14.3 Å². The van der Waals surface area contributed by atoms with Gasteiger partial charge in [-0.1, -0.05) is 60.8 Å². The van der Waals surface area contributed by atoms with Crippen molar-refractivity contribution in [3.63, 3.8) is 0 Å². The Labute approximate surface area is 212 Å². The molecular weight excluding hydrogens is 485 g/mol. The summed E-state index contributed by atoms with van der Waals surface area (Å²) in [6.07, 6.45) is 11.1. The Morgan fingerprint density at radius 1 is 1.06 bits per heavy atom. The molecule has 8 heteroatoms. The smallest absolute Gasteiger partial charge is 0.407 e. The molecule has 0 saturated heterocycles. The molecule has 33 heavy (non-hydrogen) atoms. The van der Waals surface area contributed by atoms with Gasteiger partial charge in [-0.05, 0) is 86.4 Å². The van der Waals surface area contributed by atoms with Crippen LogP contribution in [0.4, 0.5) is 4.79 Å². The van der Waals surface area contributed by atoms with Gasteiger partial charge in [-0.15, -0.1) is 0 Å². The summed E-state index contributed by atoms with van der Waals surface area (Å²) in [6, 6.07) is -0.103. The number of alkyl carbamates (subject to hydrolysis) is 1. The van der Waals surface area contributed by atoms with Gasteiger partial charge >= 0.3 is 12.1 Å². The molecule has 0 heterocycles. The zero-order chi connectivity index (χ0) is 24.0. The van der Waals surface area contributed by atoms with E-state index >= 15 is 0 Å². The van der Waals surface area contributed by atoms with E-state index in [0.717, 1.165) is 38.5 Å². The van der Waals surface area contributed by atoms with Crippen molar-refractivity contribution >= 4 is 46.9 Å². The van der Waals surface area contributed by atoms with Crippen LogP contribution >= 0.6 is 34.8 Å². The fourth-order valence-corrected chi connectivity index (χ4v) is 8.30. The quantitative estimate of drug-likeness (QED) is 0.263. The second kappa shape index (κ2) is 9.43. The van der Waals surface area contributed by atoms with Crippen molar-refractivity contribution in [3.05, 3.63) is 12.2 Å². The van der Waals surface area contributed by atoms with E-state index in [1.54, 1.807) is 0 Å². The number of alkyl halides is 3. The Bertz CT molecular complexity index is 799. The highest BCUT2D eigenvalue weighted by atomic mass is 35.6. The normalized spacial score (nSPS) is 42.0. The van der Waals surface area contributed by atoms with Crippen molar-refractivity contribution in [2.75, 3.05) is 13.2 Å². The third-order valence-corrected chi connectivity index (χ3v) is 9.74. The summed E-state index contributed by atoms with van der Waals surface area (Å²) in [5.41, 5.74) is -0.109. The van der Waals surface area contributed by atoms with Gasteiger partial charge in [0.1, 0.15) is 6.61 Å². The lowest BCUT2D eigenvalue weighted by Gasteiger charge is -2.62. The van der Waals surface area contributed by atoms with Crippen LogP contribution in [0, 0.1) is 40.4 Å². The first-order valence-electron chi connectivity index (χ1n) is 12.3. The van der Waals surface area contributed by atoms with Gasteiger partial charge in [0.05, 0.1) is 12.5 Å². The number of nitrogens with one attached hydrogen (secondary N) is 1. The number of amides is 1. The lowest BCUT2D eigenvalue weighted by Crippen LogP contribution is -2.62. The summed E-state index contributed by atoms with van der Waals surface area (Å²) in [7, 11) is 0. The van der Waals surface area contributed by atoms with Crippen LogP contribution in [-0.4, -0.2) is 35.1 Å². The molecule has 8 atom stereocenters. The largest absolute Gasteiger partial charge is 0.466 e. The number of ether oxygens (including phenoxy) is 2. The highest BCUT2D eigenvalue weighted by Gasteiger charge is 2.64. The van der Waals surface area contributed by atoms with E-state index in [-0.39, 0.29) is 35.4 Å². The third kappa shape index (κ3) is 4.76. The van der Waals surface area contributed by atoms with Crippen LogP contribution in [0.15, 0.2) is 12.2 Å². The highest BCUT2D eigenvalue weighted by molar-refractivity contribution is 6.67. The van der Waals surface area contributed by atoms with Gasteiger partial charge < -0.3 is 14.8 Å². The second-order valence-corrected chi connectivity index (χ2v) is 13.5. The molecule has 4 aliphatic rings. The minimum atomic E-state index is -1.65. The van der Waals surface area contributed by atoms with Gasteiger partial charge in [-0.3, -0.25) is 4.79 Å². The van der Waals surface area contributed by atoms with Crippen LogP contribution in [0.3, 0.4) is 0 Å². The first-order valence-corrected chi connectivity index (χ1v) is 13.4. The van der Waals surface area contributed by atoms with Crippen LogP contribution in [0.25, 0.3) is 0 Å². The zero-order valence-electron chi connectivity index (χ0n) is 19.7. The van der Waals surface area contributed by atoms with Crippen molar-refractivity contribution < 1.29 is 19.1 Å². The Hall–Kier alpha value is -0.650. The summed E-state index contributed by atoms with van der Waals surface area (Å²) in [5, 5.41) is 3.16. The number of hydrogen-bond acceptors (Lipinski definition) is 4. The van der Waals surface area contributed by atoms with Crippen molar-refractivity contribution in [1.82, 2.24) is 5.32 Å². The van der Waals surface area contributed by atoms with Crippen LogP contribution in [0.2, 0.25) is 0 Å². The third-order valence-electron chi connectivity index (χ3n) is 9.41. The second-order valence-electron chi connectivity index (χ2n) is 11.0. The molecule has 186 valence electrons. The summed E-state index contributed by atoms with van der Waals surface area (Å²) in [5.74, 6) is 1.60. The monoisotopic (exact) mass is 519 g/mol. The zero-order valence-corrected chi connectivity index (χ0v) is 22.0. The Morgan fingerprint density at radius 2 is 1.82 bits per heavy atom. The van der Waals surface area contributed by atoms with Gasteiger partial charge in [-0.25, -0.2) is 4.79 Å². The molecule has 1 amide bonds. The van der Waals surface area contributed by atoms with E-state index in [1.807, 2.05) is 6.92 Å². The summed E-state index contributed by atoms with van der Waals surface area (Å²) >= 11 is 17.4. The Morgan fingerprint density at radius 3 is 2.52 bits per heavy atom. The summed E-state index contributed by atoms with van der Waals surface area (Å²) < 4.78 is 9.08. The fraction of sp³-hybridized carbons (Fsp3) is 0.840. The molecule has 0 spiro atoms. The van der Waals surface area contributed by atoms with Gasteiger partial charge in [0.15, 0.2) is 0 Å².